The number of anilines is 1. The Morgan fingerprint density at radius 3 is 2.70 bits per heavy atom. The van der Waals surface area contributed by atoms with Crippen LogP contribution in [-0.2, 0) is 4.79 Å². The lowest BCUT2D eigenvalue weighted by Gasteiger charge is -2.32. The van der Waals surface area contributed by atoms with E-state index < -0.39 is 0 Å². The van der Waals surface area contributed by atoms with Crippen molar-refractivity contribution in [2.75, 3.05) is 30.1 Å². The van der Waals surface area contributed by atoms with Crippen molar-refractivity contribution < 1.29 is 9.53 Å². The third-order valence-electron chi connectivity index (χ3n) is 4.75. The number of carbonyl (C=O) groups is 1. The minimum Gasteiger partial charge on any atom is -0.497 e. The third kappa shape index (κ3) is 4.21. The van der Waals surface area contributed by atoms with Gasteiger partial charge in [-0.2, -0.15) is 11.8 Å². The van der Waals surface area contributed by atoms with Crippen LogP contribution in [0.4, 0.5) is 5.69 Å². The molecular formula is C18H26N2O2S. The molecule has 1 aliphatic carbocycles. The molecule has 0 aromatic heterocycles. The lowest BCUT2D eigenvalue weighted by molar-refractivity contribution is -0.119. The monoisotopic (exact) mass is 334 g/mol. The quantitative estimate of drug-likeness (QED) is 0.868. The van der Waals surface area contributed by atoms with Crippen LogP contribution in [0.25, 0.3) is 0 Å². The molecule has 126 valence electrons. The summed E-state index contributed by atoms with van der Waals surface area (Å²) >= 11 is 1.93. The van der Waals surface area contributed by atoms with E-state index in [0.29, 0.717) is 18.4 Å². The van der Waals surface area contributed by atoms with Crippen LogP contribution >= 0.6 is 11.8 Å². The number of carbonyl (C=O) groups excluding carboxylic acids is 1. The van der Waals surface area contributed by atoms with E-state index in [4.69, 9.17) is 4.74 Å². The van der Waals surface area contributed by atoms with Gasteiger partial charge in [-0.05, 0) is 49.9 Å². The van der Waals surface area contributed by atoms with E-state index in [1.807, 2.05) is 40.9 Å². The fraction of sp³-hybridized carbons (Fsp3) is 0.611. The first kappa shape index (κ1) is 16.7. The number of ether oxygens (including phenoxy) is 1. The van der Waals surface area contributed by atoms with Gasteiger partial charge in [-0.25, -0.2) is 0 Å². The van der Waals surface area contributed by atoms with Gasteiger partial charge in [0.2, 0.25) is 5.91 Å². The molecule has 4 nitrogen and oxygen atoms in total. The predicted molar refractivity (Wildman–Crippen MR) is 96.4 cm³/mol. The molecule has 5 heteroatoms. The Bertz CT molecular complexity index is 524. The van der Waals surface area contributed by atoms with Gasteiger partial charge in [0.25, 0.3) is 0 Å². The van der Waals surface area contributed by atoms with Gasteiger partial charge in [-0.3, -0.25) is 4.79 Å². The summed E-state index contributed by atoms with van der Waals surface area (Å²) in [5, 5.41) is 3.47. The number of benzene rings is 1. The van der Waals surface area contributed by atoms with Crippen molar-refractivity contribution in [2.45, 2.75) is 38.3 Å². The van der Waals surface area contributed by atoms with E-state index >= 15 is 0 Å². The van der Waals surface area contributed by atoms with E-state index in [-0.39, 0.29) is 11.9 Å². The van der Waals surface area contributed by atoms with Gasteiger partial charge in [-0.1, -0.05) is 0 Å². The second-order valence-electron chi connectivity index (χ2n) is 6.47. The maximum atomic E-state index is 13.0. The van der Waals surface area contributed by atoms with Crippen LogP contribution in [0.2, 0.25) is 0 Å². The first-order valence-corrected chi connectivity index (χ1v) is 9.61. The van der Waals surface area contributed by atoms with Gasteiger partial charge in [0.15, 0.2) is 0 Å². The van der Waals surface area contributed by atoms with Crippen molar-refractivity contribution in [3.8, 4) is 5.75 Å². The molecule has 1 saturated carbocycles. The van der Waals surface area contributed by atoms with E-state index in [1.165, 1.54) is 12.8 Å². The van der Waals surface area contributed by atoms with Crippen molar-refractivity contribution in [3.05, 3.63) is 24.3 Å². The molecule has 0 radical (unpaired) electrons. The third-order valence-corrected chi connectivity index (χ3v) is 5.88. The van der Waals surface area contributed by atoms with Gasteiger partial charge in [0.05, 0.1) is 7.11 Å². The molecular weight excluding hydrogens is 308 g/mol. The lowest BCUT2D eigenvalue weighted by Crippen LogP contribution is -2.46. The molecule has 2 unspecified atom stereocenters. The largest absolute Gasteiger partial charge is 0.497 e. The number of nitrogens with zero attached hydrogens (tertiary/aromatic N) is 1. The normalized spacial score (nSPS) is 22.4. The topological polar surface area (TPSA) is 41.6 Å². The summed E-state index contributed by atoms with van der Waals surface area (Å²) in [4.78, 5) is 15.0. The van der Waals surface area contributed by atoms with Crippen molar-refractivity contribution in [3.63, 3.8) is 0 Å². The minimum atomic E-state index is 0.231. The van der Waals surface area contributed by atoms with Crippen LogP contribution in [0.3, 0.4) is 0 Å². The van der Waals surface area contributed by atoms with Gasteiger partial charge in [0, 0.05) is 42.2 Å². The van der Waals surface area contributed by atoms with E-state index in [1.54, 1.807) is 7.11 Å². The molecule has 3 rings (SSSR count). The molecule has 23 heavy (non-hydrogen) atoms. The van der Waals surface area contributed by atoms with Crippen LogP contribution in [0.5, 0.6) is 5.75 Å². The standard InChI is InChI=1S/C18H26N2O2S/c1-13(14-3-4-14)20(16-5-7-17(22-2)8-6-16)18(21)11-15-12-23-10-9-19-15/h5-8,13-15,19H,3-4,9-12H2,1-2H3. The van der Waals surface area contributed by atoms with Crippen LogP contribution in [0.1, 0.15) is 26.2 Å². The molecule has 1 aromatic carbocycles. The van der Waals surface area contributed by atoms with Crippen molar-refractivity contribution in [1.82, 2.24) is 5.32 Å². The number of hydrogen-bond donors (Lipinski definition) is 1. The Hall–Kier alpha value is -1.20. The molecule has 1 heterocycles. The van der Waals surface area contributed by atoms with Crippen LogP contribution in [-0.4, -0.2) is 43.2 Å². The van der Waals surface area contributed by atoms with E-state index in [9.17, 15) is 4.79 Å². The van der Waals surface area contributed by atoms with Crippen molar-refractivity contribution >= 4 is 23.4 Å². The molecule has 1 saturated heterocycles. The van der Waals surface area contributed by atoms with Crippen molar-refractivity contribution in [1.29, 1.82) is 0 Å². The Balaban J connectivity index is 1.74. The molecule has 2 aliphatic rings. The van der Waals surface area contributed by atoms with Crippen LogP contribution < -0.4 is 15.0 Å². The number of nitrogens with one attached hydrogen (secondary N) is 1. The highest BCUT2D eigenvalue weighted by Crippen LogP contribution is 2.37. The Kier molecular flexibility index (Phi) is 5.49. The molecule has 1 aromatic rings. The highest BCUT2D eigenvalue weighted by molar-refractivity contribution is 7.99. The first-order chi connectivity index (χ1) is 11.2. The molecule has 1 N–H and O–H groups in total. The highest BCUT2D eigenvalue weighted by Gasteiger charge is 2.35. The van der Waals surface area contributed by atoms with E-state index in [0.717, 1.165) is 29.5 Å². The van der Waals surface area contributed by atoms with Crippen LogP contribution in [0.15, 0.2) is 24.3 Å². The van der Waals surface area contributed by atoms with E-state index in [2.05, 4.69) is 12.2 Å². The average Bonchev–Trinajstić information content (AvgIpc) is 3.41. The maximum Gasteiger partial charge on any atom is 0.228 e. The van der Waals surface area contributed by atoms with Crippen molar-refractivity contribution in [2.24, 2.45) is 5.92 Å². The fourth-order valence-corrected chi connectivity index (χ4v) is 4.15. The summed E-state index contributed by atoms with van der Waals surface area (Å²) in [7, 11) is 1.66. The second-order valence-corrected chi connectivity index (χ2v) is 7.62. The molecule has 0 spiro atoms. The number of amides is 1. The molecule has 1 aliphatic heterocycles. The summed E-state index contributed by atoms with van der Waals surface area (Å²) < 4.78 is 5.23. The Morgan fingerprint density at radius 2 is 2.13 bits per heavy atom. The number of rotatable bonds is 6. The number of hydrogen-bond acceptors (Lipinski definition) is 4. The minimum absolute atomic E-state index is 0.231. The maximum absolute atomic E-state index is 13.0. The molecule has 0 bridgehead atoms. The smallest absolute Gasteiger partial charge is 0.228 e. The molecule has 2 fully saturated rings. The molecule has 2 atom stereocenters. The Labute approximate surface area is 143 Å². The van der Waals surface area contributed by atoms with Gasteiger partial charge < -0.3 is 15.0 Å². The SMILES string of the molecule is COc1ccc(N(C(=O)CC2CSCCN2)C(C)C2CC2)cc1. The van der Waals surface area contributed by atoms with Gasteiger partial charge in [0.1, 0.15) is 5.75 Å². The summed E-state index contributed by atoms with van der Waals surface area (Å²) in [5.41, 5.74) is 0.985. The first-order valence-electron chi connectivity index (χ1n) is 8.46. The summed E-state index contributed by atoms with van der Waals surface area (Å²) in [6.45, 7) is 3.19. The average molecular weight is 334 g/mol. The lowest BCUT2D eigenvalue weighted by atomic mass is 10.1. The summed E-state index contributed by atoms with van der Waals surface area (Å²) in [5.74, 6) is 3.88. The predicted octanol–water partition coefficient (Wildman–Crippen LogP) is 2.92. The molecule has 1 amide bonds. The second kappa shape index (κ2) is 7.58. The summed E-state index contributed by atoms with van der Waals surface area (Å²) in [6, 6.07) is 8.44. The number of thioether (sulfide) groups is 1. The highest BCUT2D eigenvalue weighted by atomic mass is 32.2. The Morgan fingerprint density at radius 1 is 1.39 bits per heavy atom. The van der Waals surface area contributed by atoms with Gasteiger partial charge in [-0.15, -0.1) is 0 Å². The number of methoxy groups -OCH3 is 1. The zero-order valence-corrected chi connectivity index (χ0v) is 14.8. The van der Waals surface area contributed by atoms with Gasteiger partial charge >= 0.3 is 0 Å². The summed E-state index contributed by atoms with van der Waals surface area (Å²) in [6.07, 6.45) is 3.05. The van der Waals surface area contributed by atoms with Crippen LogP contribution in [0, 0.1) is 5.92 Å². The zero-order valence-electron chi connectivity index (χ0n) is 14.0. The fourth-order valence-electron chi connectivity index (χ4n) is 3.20. The zero-order chi connectivity index (χ0) is 16.2.